The lowest BCUT2D eigenvalue weighted by Gasteiger charge is -2.35. The first-order chi connectivity index (χ1) is 15.5. The van der Waals surface area contributed by atoms with Gasteiger partial charge in [-0.05, 0) is 57.6 Å². The largest absolute Gasteiger partial charge is 0.444 e. The molecule has 0 spiro atoms. The van der Waals surface area contributed by atoms with E-state index in [0.29, 0.717) is 6.54 Å². The zero-order chi connectivity index (χ0) is 24.8. The maximum Gasteiger partial charge on any atom is 0.408 e. The molecule has 1 aliphatic carbocycles. The Bertz CT molecular complexity index is 839. The summed E-state index contributed by atoms with van der Waals surface area (Å²) in [7, 11) is 0. The van der Waals surface area contributed by atoms with Crippen molar-refractivity contribution >= 4 is 30.5 Å². The van der Waals surface area contributed by atoms with Crippen LogP contribution in [0.3, 0.4) is 0 Å². The highest BCUT2D eigenvalue weighted by Gasteiger charge is 2.48. The standard InChI is InChI=1S/C25H39N3O4S/c1-7-8-13-26-22(29)21(18-12-10-9-11-16(18)2)28(20-14-17(20)3)23(30)19(15-33)27-24(31)32-25(4,5)6/h9-12,17,19-21,33H,7-8,13-15H2,1-6H3,(H,26,29)(H,27,31). The summed E-state index contributed by atoms with van der Waals surface area (Å²) in [6.45, 7) is 11.9. The summed E-state index contributed by atoms with van der Waals surface area (Å²) in [6.07, 6.45) is 1.94. The van der Waals surface area contributed by atoms with Crippen molar-refractivity contribution < 1.29 is 19.1 Å². The summed E-state index contributed by atoms with van der Waals surface area (Å²) in [6, 6.07) is 5.85. The van der Waals surface area contributed by atoms with Gasteiger partial charge in [-0.3, -0.25) is 9.59 Å². The highest BCUT2D eigenvalue weighted by atomic mass is 32.1. The fourth-order valence-corrected chi connectivity index (χ4v) is 4.03. The Hall–Kier alpha value is -2.22. The molecule has 0 aliphatic heterocycles. The van der Waals surface area contributed by atoms with E-state index in [9.17, 15) is 14.4 Å². The first-order valence-electron chi connectivity index (χ1n) is 11.8. The summed E-state index contributed by atoms with van der Waals surface area (Å²) in [5.74, 6) is -0.177. The Labute approximate surface area is 203 Å². The lowest BCUT2D eigenvalue weighted by Crippen LogP contribution is -2.55. The molecule has 2 rings (SSSR count). The molecule has 3 amide bonds. The molecule has 4 unspecified atom stereocenters. The second-order valence-corrected chi connectivity index (χ2v) is 10.2. The van der Waals surface area contributed by atoms with E-state index >= 15 is 0 Å². The smallest absolute Gasteiger partial charge is 0.408 e. The second-order valence-electron chi connectivity index (χ2n) is 9.81. The molecule has 1 aromatic rings. The normalized spacial score (nSPS) is 19.2. The van der Waals surface area contributed by atoms with Crippen LogP contribution in [-0.2, 0) is 14.3 Å². The molecule has 1 aliphatic rings. The molecule has 0 aromatic heterocycles. The van der Waals surface area contributed by atoms with Gasteiger partial charge in [0.2, 0.25) is 11.8 Å². The molecule has 7 nitrogen and oxygen atoms in total. The molecule has 1 fully saturated rings. The van der Waals surface area contributed by atoms with Crippen molar-refractivity contribution in [2.24, 2.45) is 5.92 Å². The maximum absolute atomic E-state index is 13.8. The van der Waals surface area contributed by atoms with Crippen molar-refractivity contribution in [1.82, 2.24) is 15.5 Å². The summed E-state index contributed by atoms with van der Waals surface area (Å²) in [5.41, 5.74) is 1.03. The molecule has 1 aromatic carbocycles. The highest BCUT2D eigenvalue weighted by Crippen LogP contribution is 2.41. The van der Waals surface area contributed by atoms with Crippen LogP contribution in [0.5, 0.6) is 0 Å². The van der Waals surface area contributed by atoms with Crippen molar-refractivity contribution in [2.75, 3.05) is 12.3 Å². The SMILES string of the molecule is CCCCNC(=O)C(c1ccccc1C)N(C(=O)C(CS)NC(=O)OC(C)(C)C)C1CC1C. The number of rotatable bonds is 10. The fourth-order valence-electron chi connectivity index (χ4n) is 3.78. The number of alkyl carbamates (subject to hydrolysis) is 1. The number of ether oxygens (including phenoxy) is 1. The van der Waals surface area contributed by atoms with Crippen LogP contribution >= 0.6 is 12.6 Å². The van der Waals surface area contributed by atoms with E-state index in [1.165, 1.54) is 0 Å². The number of nitrogens with zero attached hydrogens (tertiary/aromatic N) is 1. The van der Waals surface area contributed by atoms with E-state index in [2.05, 4.69) is 37.1 Å². The van der Waals surface area contributed by atoms with Crippen molar-refractivity contribution in [3.63, 3.8) is 0 Å². The summed E-state index contributed by atoms with van der Waals surface area (Å²) < 4.78 is 5.34. The minimum absolute atomic E-state index is 0.0816. The zero-order valence-electron chi connectivity index (χ0n) is 20.7. The van der Waals surface area contributed by atoms with E-state index in [4.69, 9.17) is 4.74 Å². The average molecular weight is 478 g/mol. The Morgan fingerprint density at radius 1 is 1.24 bits per heavy atom. The number of hydrogen-bond acceptors (Lipinski definition) is 5. The number of nitrogens with one attached hydrogen (secondary N) is 2. The van der Waals surface area contributed by atoms with E-state index < -0.39 is 23.8 Å². The van der Waals surface area contributed by atoms with Gasteiger partial charge in [0.25, 0.3) is 0 Å². The van der Waals surface area contributed by atoms with E-state index in [0.717, 1.165) is 30.4 Å². The number of benzene rings is 1. The maximum atomic E-state index is 13.8. The van der Waals surface area contributed by atoms with Crippen LogP contribution < -0.4 is 10.6 Å². The molecule has 2 N–H and O–H groups in total. The molecular formula is C25H39N3O4S. The van der Waals surface area contributed by atoms with E-state index in [1.807, 2.05) is 31.2 Å². The number of aryl methyl sites for hydroxylation is 1. The molecule has 184 valence electrons. The fraction of sp³-hybridized carbons (Fsp3) is 0.640. The molecule has 0 heterocycles. The predicted octanol–water partition coefficient (Wildman–Crippen LogP) is 4.01. The third-order valence-corrected chi connectivity index (χ3v) is 6.05. The highest BCUT2D eigenvalue weighted by molar-refractivity contribution is 7.80. The third kappa shape index (κ3) is 7.66. The molecule has 33 heavy (non-hydrogen) atoms. The Morgan fingerprint density at radius 2 is 1.88 bits per heavy atom. The molecule has 0 radical (unpaired) electrons. The lowest BCUT2D eigenvalue weighted by atomic mass is 9.97. The number of amides is 3. The van der Waals surface area contributed by atoms with Gasteiger partial charge >= 0.3 is 6.09 Å². The van der Waals surface area contributed by atoms with Crippen LogP contribution in [0.1, 0.15) is 71.0 Å². The minimum Gasteiger partial charge on any atom is -0.444 e. The number of carbonyl (C=O) groups excluding carboxylic acids is 3. The predicted molar refractivity (Wildman–Crippen MR) is 133 cm³/mol. The van der Waals surface area contributed by atoms with Crippen LogP contribution in [0, 0.1) is 12.8 Å². The number of thiol groups is 1. The molecular weight excluding hydrogens is 438 g/mol. The van der Waals surface area contributed by atoms with Crippen molar-refractivity contribution in [3.8, 4) is 0 Å². The summed E-state index contributed by atoms with van der Waals surface area (Å²) in [4.78, 5) is 41.3. The van der Waals surface area contributed by atoms with Gasteiger partial charge in [0, 0.05) is 18.3 Å². The molecule has 0 bridgehead atoms. The van der Waals surface area contributed by atoms with Gasteiger partial charge in [-0.2, -0.15) is 12.6 Å². The topological polar surface area (TPSA) is 87.7 Å². The van der Waals surface area contributed by atoms with Crippen LogP contribution in [0.4, 0.5) is 4.79 Å². The van der Waals surface area contributed by atoms with Gasteiger partial charge in [-0.15, -0.1) is 0 Å². The van der Waals surface area contributed by atoms with Crippen LogP contribution in [0.2, 0.25) is 0 Å². The number of carbonyl (C=O) groups is 3. The van der Waals surface area contributed by atoms with Crippen LogP contribution in [0.15, 0.2) is 24.3 Å². The Morgan fingerprint density at radius 3 is 2.39 bits per heavy atom. The average Bonchev–Trinajstić information content (AvgIpc) is 3.45. The first-order valence-corrected chi connectivity index (χ1v) is 12.4. The monoisotopic (exact) mass is 477 g/mol. The Kier molecular flexibility index (Phi) is 9.64. The first kappa shape index (κ1) is 27.0. The summed E-state index contributed by atoms with van der Waals surface area (Å²) >= 11 is 4.33. The quantitative estimate of drug-likeness (QED) is 0.351. The van der Waals surface area contributed by atoms with E-state index in [1.54, 1.807) is 25.7 Å². The lowest BCUT2D eigenvalue weighted by molar-refractivity contribution is -0.143. The Balaban J connectivity index is 2.39. The number of hydrogen-bond donors (Lipinski definition) is 3. The second kappa shape index (κ2) is 11.8. The molecule has 4 atom stereocenters. The van der Waals surface area contributed by atoms with E-state index in [-0.39, 0.29) is 29.5 Å². The van der Waals surface area contributed by atoms with Crippen molar-refractivity contribution in [1.29, 1.82) is 0 Å². The number of unbranched alkanes of at least 4 members (excludes halogenated alkanes) is 1. The van der Waals surface area contributed by atoms with Gasteiger partial charge in [0.1, 0.15) is 17.7 Å². The van der Waals surface area contributed by atoms with Gasteiger partial charge in [-0.25, -0.2) is 4.79 Å². The third-order valence-electron chi connectivity index (χ3n) is 5.69. The molecule has 1 saturated carbocycles. The van der Waals surface area contributed by atoms with Crippen LogP contribution in [-0.4, -0.2) is 52.8 Å². The minimum atomic E-state index is -0.911. The molecule has 0 saturated heterocycles. The van der Waals surface area contributed by atoms with Crippen molar-refractivity contribution in [3.05, 3.63) is 35.4 Å². The summed E-state index contributed by atoms with van der Waals surface area (Å²) in [5, 5.41) is 5.66. The van der Waals surface area contributed by atoms with Gasteiger partial charge in [-0.1, -0.05) is 44.5 Å². The zero-order valence-corrected chi connectivity index (χ0v) is 21.6. The van der Waals surface area contributed by atoms with Gasteiger partial charge < -0.3 is 20.3 Å². The van der Waals surface area contributed by atoms with Crippen molar-refractivity contribution in [2.45, 2.75) is 84.5 Å². The van der Waals surface area contributed by atoms with Gasteiger partial charge in [0.05, 0.1) is 0 Å². The van der Waals surface area contributed by atoms with Gasteiger partial charge in [0.15, 0.2) is 0 Å². The molecule has 8 heteroatoms. The van der Waals surface area contributed by atoms with Crippen LogP contribution in [0.25, 0.3) is 0 Å².